The van der Waals surface area contributed by atoms with Crippen molar-refractivity contribution in [3.05, 3.63) is 22.7 Å². The van der Waals surface area contributed by atoms with Crippen LogP contribution in [-0.2, 0) is 0 Å². The van der Waals surface area contributed by atoms with Crippen LogP contribution in [-0.4, -0.2) is 9.97 Å². The van der Waals surface area contributed by atoms with Gasteiger partial charge in [0.1, 0.15) is 5.52 Å². The van der Waals surface area contributed by atoms with Crippen LogP contribution < -0.4 is 11.3 Å². The highest BCUT2D eigenvalue weighted by Gasteiger charge is 2.05. The van der Waals surface area contributed by atoms with Crippen LogP contribution in [0.2, 0.25) is 5.02 Å². The average Bonchev–Trinajstić information content (AvgIpc) is 2.47. The number of nitrogens with two attached hydrogens (primary N) is 1. The number of nitrogens with one attached hydrogen (secondary N) is 2. The second-order valence-corrected chi connectivity index (χ2v) is 3.28. The van der Waals surface area contributed by atoms with E-state index in [1.807, 2.05) is 19.1 Å². The maximum Gasteiger partial charge on any atom is 0.215 e. The van der Waals surface area contributed by atoms with Crippen LogP contribution in [0, 0.1) is 6.92 Å². The predicted molar refractivity (Wildman–Crippen MR) is 53.7 cm³/mol. The van der Waals surface area contributed by atoms with Crippen molar-refractivity contribution in [1.29, 1.82) is 0 Å². The van der Waals surface area contributed by atoms with Crippen molar-refractivity contribution < 1.29 is 0 Å². The van der Waals surface area contributed by atoms with Gasteiger partial charge in [0.2, 0.25) is 5.95 Å². The van der Waals surface area contributed by atoms with Crippen molar-refractivity contribution in [2.75, 3.05) is 5.43 Å². The minimum absolute atomic E-state index is 0.516. The lowest BCUT2D eigenvalue weighted by Crippen LogP contribution is -2.07. The summed E-state index contributed by atoms with van der Waals surface area (Å²) in [5.41, 5.74) is 5.15. The number of nitrogen functional groups attached to an aromatic ring is 1. The Hall–Kier alpha value is -1.26. The van der Waals surface area contributed by atoms with Gasteiger partial charge in [-0.15, -0.1) is 0 Å². The fourth-order valence-corrected chi connectivity index (χ4v) is 1.60. The molecule has 0 saturated carbocycles. The van der Waals surface area contributed by atoms with Gasteiger partial charge in [-0.2, -0.15) is 0 Å². The van der Waals surface area contributed by atoms with Gasteiger partial charge >= 0.3 is 0 Å². The summed E-state index contributed by atoms with van der Waals surface area (Å²) in [4.78, 5) is 7.14. The number of halogens is 1. The Morgan fingerprint density at radius 3 is 3.00 bits per heavy atom. The number of aryl methyl sites for hydroxylation is 1. The van der Waals surface area contributed by atoms with E-state index in [0.29, 0.717) is 11.0 Å². The number of anilines is 1. The van der Waals surface area contributed by atoms with Crippen LogP contribution in [0.25, 0.3) is 11.0 Å². The van der Waals surface area contributed by atoms with Crippen LogP contribution in [0.3, 0.4) is 0 Å². The molecule has 0 fully saturated rings. The molecule has 1 aromatic carbocycles. The number of H-pyrrole nitrogens is 1. The van der Waals surface area contributed by atoms with Gasteiger partial charge in [0.05, 0.1) is 10.5 Å². The fraction of sp³-hybridized carbons (Fsp3) is 0.125. The molecule has 0 spiro atoms. The zero-order chi connectivity index (χ0) is 9.42. The molecule has 2 aromatic rings. The lowest BCUT2D eigenvalue weighted by molar-refractivity contribution is 1.21. The summed E-state index contributed by atoms with van der Waals surface area (Å²) < 4.78 is 0. The Balaban J connectivity index is 2.75. The van der Waals surface area contributed by atoms with E-state index in [2.05, 4.69) is 15.4 Å². The normalized spacial score (nSPS) is 10.7. The van der Waals surface area contributed by atoms with E-state index in [0.717, 1.165) is 16.6 Å². The van der Waals surface area contributed by atoms with Crippen LogP contribution in [0.4, 0.5) is 5.95 Å². The van der Waals surface area contributed by atoms with E-state index in [1.165, 1.54) is 0 Å². The predicted octanol–water partition coefficient (Wildman–Crippen LogP) is 1.81. The number of benzene rings is 1. The van der Waals surface area contributed by atoms with Crippen molar-refractivity contribution in [2.24, 2.45) is 5.84 Å². The van der Waals surface area contributed by atoms with Gasteiger partial charge in [0.15, 0.2) is 0 Å². The van der Waals surface area contributed by atoms with Gasteiger partial charge in [-0.1, -0.05) is 11.6 Å². The molecule has 1 heterocycles. The average molecular weight is 197 g/mol. The van der Waals surface area contributed by atoms with E-state index in [9.17, 15) is 0 Å². The number of aromatic nitrogens is 2. The molecule has 0 aliphatic carbocycles. The molecule has 4 nitrogen and oxygen atoms in total. The van der Waals surface area contributed by atoms with Crippen LogP contribution >= 0.6 is 11.6 Å². The number of rotatable bonds is 1. The third-order valence-electron chi connectivity index (χ3n) is 1.82. The number of aromatic amines is 1. The number of hydrogen-bond donors (Lipinski definition) is 3. The fourth-order valence-electron chi connectivity index (χ4n) is 1.28. The zero-order valence-electron chi connectivity index (χ0n) is 7.06. The van der Waals surface area contributed by atoms with Crippen molar-refractivity contribution in [2.45, 2.75) is 6.92 Å². The molecule has 1 aromatic heterocycles. The van der Waals surface area contributed by atoms with Crippen LogP contribution in [0.15, 0.2) is 12.1 Å². The molecular formula is C8H9ClN4. The van der Waals surface area contributed by atoms with E-state index in [1.54, 1.807) is 0 Å². The molecule has 68 valence electrons. The summed E-state index contributed by atoms with van der Waals surface area (Å²) in [6.45, 7) is 1.97. The molecule has 0 saturated heterocycles. The summed E-state index contributed by atoms with van der Waals surface area (Å²) in [5, 5.41) is 0.632. The first-order valence-electron chi connectivity index (χ1n) is 3.83. The van der Waals surface area contributed by atoms with Gasteiger partial charge in [-0.3, -0.25) is 5.43 Å². The highest BCUT2D eigenvalue weighted by atomic mass is 35.5. The molecule has 0 radical (unpaired) electrons. The molecule has 0 aliphatic heterocycles. The van der Waals surface area contributed by atoms with E-state index in [-0.39, 0.29) is 0 Å². The lowest BCUT2D eigenvalue weighted by Gasteiger charge is -1.94. The van der Waals surface area contributed by atoms with Gasteiger partial charge in [0.25, 0.3) is 0 Å². The molecule has 4 N–H and O–H groups in total. The first-order chi connectivity index (χ1) is 6.20. The lowest BCUT2D eigenvalue weighted by atomic mass is 10.2. The maximum absolute atomic E-state index is 5.98. The Morgan fingerprint density at radius 2 is 2.31 bits per heavy atom. The van der Waals surface area contributed by atoms with E-state index in [4.69, 9.17) is 17.4 Å². The Morgan fingerprint density at radius 1 is 1.54 bits per heavy atom. The monoisotopic (exact) mass is 196 g/mol. The molecule has 0 amide bonds. The highest BCUT2D eigenvalue weighted by Crippen LogP contribution is 2.24. The number of hydrazine groups is 1. The molecular weight excluding hydrogens is 188 g/mol. The zero-order valence-corrected chi connectivity index (χ0v) is 7.81. The number of hydrogen-bond acceptors (Lipinski definition) is 3. The molecule has 13 heavy (non-hydrogen) atoms. The first-order valence-corrected chi connectivity index (χ1v) is 4.21. The number of imidazole rings is 1. The summed E-state index contributed by atoms with van der Waals surface area (Å²) in [7, 11) is 0. The molecule has 2 rings (SSSR count). The summed E-state index contributed by atoms with van der Waals surface area (Å²) in [6.07, 6.45) is 0. The van der Waals surface area contributed by atoms with Gasteiger partial charge < -0.3 is 4.98 Å². The van der Waals surface area contributed by atoms with Crippen LogP contribution in [0.1, 0.15) is 5.56 Å². The quantitative estimate of drug-likeness (QED) is 0.482. The molecule has 0 unspecified atom stereocenters. The smallest absolute Gasteiger partial charge is 0.215 e. The summed E-state index contributed by atoms with van der Waals surface area (Å²) in [6, 6.07) is 3.83. The Kier molecular flexibility index (Phi) is 1.86. The summed E-state index contributed by atoms with van der Waals surface area (Å²) >= 11 is 5.98. The van der Waals surface area contributed by atoms with Crippen LogP contribution in [0.5, 0.6) is 0 Å². The van der Waals surface area contributed by atoms with Gasteiger partial charge in [-0.25, -0.2) is 10.8 Å². The topological polar surface area (TPSA) is 66.7 Å². The van der Waals surface area contributed by atoms with Crippen molar-refractivity contribution in [3.8, 4) is 0 Å². The highest BCUT2D eigenvalue weighted by molar-refractivity contribution is 6.35. The number of fused-ring (bicyclic) bond motifs is 1. The largest absolute Gasteiger partial charge is 0.323 e. The first kappa shape index (κ1) is 8.34. The Labute approximate surface area is 80.1 Å². The molecule has 0 aliphatic rings. The van der Waals surface area contributed by atoms with Crippen molar-refractivity contribution >= 4 is 28.6 Å². The minimum Gasteiger partial charge on any atom is -0.323 e. The standard InChI is InChI=1S/C8H9ClN4/c1-4-2-5(9)7-6(3-4)11-8(12-7)13-10/h2-3H,10H2,1H3,(H2,11,12,13). The molecule has 0 atom stereocenters. The minimum atomic E-state index is 0.516. The summed E-state index contributed by atoms with van der Waals surface area (Å²) in [5.74, 6) is 5.73. The Bertz CT molecular complexity index is 449. The van der Waals surface area contributed by atoms with E-state index < -0.39 is 0 Å². The van der Waals surface area contributed by atoms with Crippen molar-refractivity contribution in [1.82, 2.24) is 9.97 Å². The second-order valence-electron chi connectivity index (χ2n) is 2.87. The molecule has 0 bridgehead atoms. The SMILES string of the molecule is Cc1cc(Cl)c2nc(NN)[nH]c2c1. The van der Waals surface area contributed by atoms with Crippen molar-refractivity contribution in [3.63, 3.8) is 0 Å². The maximum atomic E-state index is 5.98. The van der Waals surface area contributed by atoms with Gasteiger partial charge in [0, 0.05) is 0 Å². The molecule has 5 heteroatoms. The van der Waals surface area contributed by atoms with E-state index >= 15 is 0 Å². The number of nitrogens with zero attached hydrogens (tertiary/aromatic N) is 1. The van der Waals surface area contributed by atoms with Gasteiger partial charge in [-0.05, 0) is 24.6 Å². The third-order valence-corrected chi connectivity index (χ3v) is 2.11. The third kappa shape index (κ3) is 1.34. The second kappa shape index (κ2) is 2.90.